The van der Waals surface area contributed by atoms with Crippen LogP contribution in [0.4, 0.5) is 0 Å². The summed E-state index contributed by atoms with van der Waals surface area (Å²) in [6.07, 6.45) is 14.8. The number of unbranched alkanes of at least 4 members (excludes halogenated alkanes) is 7. The molecule has 0 fully saturated rings. The van der Waals surface area contributed by atoms with Crippen molar-refractivity contribution >= 4 is 5.97 Å². The fraction of sp³-hybridized carbons (Fsp3) is 0.812. The second-order valence-corrected chi connectivity index (χ2v) is 5.21. The van der Waals surface area contributed by atoms with Crippen LogP contribution in [0.3, 0.4) is 0 Å². The van der Waals surface area contributed by atoms with Gasteiger partial charge in [0.25, 0.3) is 0 Å². The lowest BCUT2D eigenvalue weighted by atomic mass is 10.0. The number of allylic oxidation sites excluding steroid dienone is 2. The largest absolute Gasteiger partial charge is 0.481 e. The van der Waals surface area contributed by atoms with Gasteiger partial charge >= 0.3 is 5.97 Å². The molecule has 0 bridgehead atoms. The number of carbonyl (C=O) groups is 1. The molecule has 2 heteroatoms. The Bertz CT molecular complexity index is 231. The van der Waals surface area contributed by atoms with Crippen molar-refractivity contribution in [3.8, 4) is 0 Å². The first-order chi connectivity index (χ1) is 8.66. The molecule has 0 amide bonds. The van der Waals surface area contributed by atoms with E-state index in [-0.39, 0.29) is 0 Å². The van der Waals surface area contributed by atoms with Gasteiger partial charge < -0.3 is 5.11 Å². The van der Waals surface area contributed by atoms with E-state index in [2.05, 4.69) is 19.9 Å². The Morgan fingerprint density at radius 3 is 2.17 bits per heavy atom. The van der Waals surface area contributed by atoms with E-state index in [0.29, 0.717) is 6.42 Å². The number of hydrogen-bond acceptors (Lipinski definition) is 1. The summed E-state index contributed by atoms with van der Waals surface area (Å²) in [6.45, 7) is 4.41. The van der Waals surface area contributed by atoms with E-state index >= 15 is 0 Å². The maximum atomic E-state index is 10.3. The molecule has 0 rings (SSSR count). The zero-order chi connectivity index (χ0) is 13.6. The Kier molecular flexibility index (Phi) is 12.1. The number of carboxylic acids is 1. The summed E-state index contributed by atoms with van der Waals surface area (Å²) in [5.74, 6) is -0.687. The molecule has 0 radical (unpaired) electrons. The van der Waals surface area contributed by atoms with E-state index in [0.717, 1.165) is 12.8 Å². The molecular weight excluding hydrogens is 224 g/mol. The minimum atomic E-state index is -0.687. The van der Waals surface area contributed by atoms with Crippen molar-refractivity contribution in [2.45, 2.75) is 84.5 Å². The molecule has 0 aliphatic heterocycles. The summed E-state index contributed by atoms with van der Waals surface area (Å²) >= 11 is 0. The Labute approximate surface area is 112 Å². The fourth-order valence-corrected chi connectivity index (χ4v) is 2.06. The van der Waals surface area contributed by atoms with E-state index < -0.39 is 5.97 Å². The molecule has 0 aliphatic carbocycles. The lowest BCUT2D eigenvalue weighted by Gasteiger charge is -2.02. The van der Waals surface area contributed by atoms with E-state index in [1.54, 1.807) is 0 Å². The Hall–Kier alpha value is -0.790. The fourth-order valence-electron chi connectivity index (χ4n) is 2.06. The molecule has 2 nitrogen and oxygen atoms in total. The van der Waals surface area contributed by atoms with Crippen LogP contribution in [-0.2, 0) is 4.79 Å². The number of aliphatic carboxylic acids is 1. The van der Waals surface area contributed by atoms with Crippen LogP contribution in [0.15, 0.2) is 11.6 Å². The second-order valence-electron chi connectivity index (χ2n) is 5.21. The van der Waals surface area contributed by atoms with Crippen molar-refractivity contribution in [1.29, 1.82) is 0 Å². The molecular formula is C16H30O2. The quantitative estimate of drug-likeness (QED) is 0.377. The van der Waals surface area contributed by atoms with Crippen molar-refractivity contribution in [2.24, 2.45) is 0 Å². The first kappa shape index (κ1) is 17.2. The molecule has 0 saturated heterocycles. The third-order valence-electron chi connectivity index (χ3n) is 3.26. The van der Waals surface area contributed by atoms with Crippen LogP contribution < -0.4 is 0 Å². The predicted molar refractivity (Wildman–Crippen MR) is 77.9 cm³/mol. The van der Waals surface area contributed by atoms with Gasteiger partial charge in [-0.05, 0) is 32.6 Å². The Balaban J connectivity index is 3.32. The zero-order valence-electron chi connectivity index (χ0n) is 12.2. The SMILES string of the molecule is CCCCCCCCCC(C)=CCCCC(=O)O. The predicted octanol–water partition coefficient (Wildman–Crippen LogP) is 5.33. The normalized spacial score (nSPS) is 11.8. The number of carboxylic acid groups (broad SMARTS) is 1. The van der Waals surface area contributed by atoms with Crippen molar-refractivity contribution in [3.05, 3.63) is 11.6 Å². The van der Waals surface area contributed by atoms with Gasteiger partial charge in [-0.25, -0.2) is 0 Å². The molecule has 0 atom stereocenters. The number of rotatable bonds is 12. The smallest absolute Gasteiger partial charge is 0.303 e. The molecule has 0 aliphatic rings. The van der Waals surface area contributed by atoms with Gasteiger partial charge in [-0.1, -0.05) is 57.1 Å². The Morgan fingerprint density at radius 2 is 1.56 bits per heavy atom. The van der Waals surface area contributed by atoms with Crippen LogP contribution in [0.2, 0.25) is 0 Å². The van der Waals surface area contributed by atoms with E-state index in [4.69, 9.17) is 5.11 Å². The molecule has 0 unspecified atom stereocenters. The van der Waals surface area contributed by atoms with Gasteiger partial charge in [0.05, 0.1) is 0 Å². The monoisotopic (exact) mass is 254 g/mol. The number of hydrogen-bond donors (Lipinski definition) is 1. The van der Waals surface area contributed by atoms with Crippen LogP contribution >= 0.6 is 0 Å². The van der Waals surface area contributed by atoms with E-state index in [9.17, 15) is 4.79 Å². The van der Waals surface area contributed by atoms with Gasteiger partial charge in [-0.2, -0.15) is 0 Å². The first-order valence-electron chi connectivity index (χ1n) is 7.54. The molecule has 0 aromatic carbocycles. The minimum Gasteiger partial charge on any atom is -0.481 e. The van der Waals surface area contributed by atoms with Crippen LogP contribution in [0.25, 0.3) is 0 Å². The first-order valence-corrected chi connectivity index (χ1v) is 7.54. The van der Waals surface area contributed by atoms with E-state index in [1.807, 2.05) is 0 Å². The van der Waals surface area contributed by atoms with Crippen molar-refractivity contribution in [3.63, 3.8) is 0 Å². The van der Waals surface area contributed by atoms with Crippen LogP contribution in [0.1, 0.15) is 84.5 Å². The molecule has 1 N–H and O–H groups in total. The highest BCUT2D eigenvalue weighted by Gasteiger charge is 1.96. The summed E-state index contributed by atoms with van der Waals surface area (Å²) in [7, 11) is 0. The maximum absolute atomic E-state index is 10.3. The molecule has 106 valence electrons. The van der Waals surface area contributed by atoms with Crippen LogP contribution in [0.5, 0.6) is 0 Å². The highest BCUT2D eigenvalue weighted by atomic mass is 16.4. The molecule has 0 aromatic rings. The van der Waals surface area contributed by atoms with E-state index in [1.165, 1.54) is 56.9 Å². The van der Waals surface area contributed by atoms with Gasteiger partial charge in [-0.3, -0.25) is 4.79 Å². The second kappa shape index (κ2) is 12.7. The lowest BCUT2D eigenvalue weighted by Crippen LogP contribution is -1.92. The van der Waals surface area contributed by atoms with Crippen LogP contribution in [0, 0.1) is 0 Å². The Morgan fingerprint density at radius 1 is 0.944 bits per heavy atom. The topological polar surface area (TPSA) is 37.3 Å². The summed E-state index contributed by atoms with van der Waals surface area (Å²) < 4.78 is 0. The highest BCUT2D eigenvalue weighted by Crippen LogP contribution is 2.13. The standard InChI is InChI=1S/C16H30O2/c1-3-4-5-6-7-8-9-12-15(2)13-10-11-14-16(17)18/h13H,3-12,14H2,1-2H3,(H,17,18). The molecule has 0 heterocycles. The third kappa shape index (κ3) is 13.3. The minimum absolute atomic E-state index is 0.293. The van der Waals surface area contributed by atoms with Crippen molar-refractivity contribution in [2.75, 3.05) is 0 Å². The van der Waals surface area contributed by atoms with Crippen molar-refractivity contribution < 1.29 is 9.90 Å². The van der Waals surface area contributed by atoms with Gasteiger partial charge in [0, 0.05) is 6.42 Å². The summed E-state index contributed by atoms with van der Waals surface area (Å²) in [4.78, 5) is 10.3. The third-order valence-corrected chi connectivity index (χ3v) is 3.26. The van der Waals surface area contributed by atoms with Gasteiger partial charge in [-0.15, -0.1) is 0 Å². The molecule has 0 aromatic heterocycles. The summed E-state index contributed by atoms with van der Waals surface area (Å²) in [5, 5.41) is 8.52. The summed E-state index contributed by atoms with van der Waals surface area (Å²) in [6, 6.07) is 0. The van der Waals surface area contributed by atoms with Gasteiger partial charge in [0.2, 0.25) is 0 Å². The average molecular weight is 254 g/mol. The average Bonchev–Trinajstić information content (AvgIpc) is 2.33. The van der Waals surface area contributed by atoms with Gasteiger partial charge in [0.15, 0.2) is 0 Å². The molecule has 0 spiro atoms. The van der Waals surface area contributed by atoms with Crippen LogP contribution in [-0.4, -0.2) is 11.1 Å². The maximum Gasteiger partial charge on any atom is 0.303 e. The highest BCUT2D eigenvalue weighted by molar-refractivity contribution is 5.66. The molecule has 0 saturated carbocycles. The lowest BCUT2D eigenvalue weighted by molar-refractivity contribution is -0.137. The zero-order valence-corrected chi connectivity index (χ0v) is 12.2. The molecule has 18 heavy (non-hydrogen) atoms. The van der Waals surface area contributed by atoms with Crippen molar-refractivity contribution in [1.82, 2.24) is 0 Å². The van der Waals surface area contributed by atoms with Gasteiger partial charge in [0.1, 0.15) is 0 Å². The summed E-state index contributed by atoms with van der Waals surface area (Å²) in [5.41, 5.74) is 1.42.